The molecule has 1 N–H and O–H groups in total. The average molecular weight is 388 g/mol. The molecule has 2 amide bonds. The van der Waals surface area contributed by atoms with Gasteiger partial charge in [0.2, 0.25) is 11.8 Å². The smallest absolute Gasteiger partial charge is 0.289 e. The van der Waals surface area contributed by atoms with E-state index in [1.807, 2.05) is 24.3 Å². The maximum absolute atomic E-state index is 12.6. The second-order valence-corrected chi connectivity index (χ2v) is 6.76. The van der Waals surface area contributed by atoms with Gasteiger partial charge < -0.3 is 10.2 Å². The van der Waals surface area contributed by atoms with Crippen LogP contribution < -0.4 is 5.32 Å². The van der Waals surface area contributed by atoms with Crippen molar-refractivity contribution in [1.82, 2.24) is 4.90 Å². The summed E-state index contributed by atoms with van der Waals surface area (Å²) >= 11 is 5.80. The molecule has 0 saturated heterocycles. The molecule has 0 radical (unpaired) electrons. The van der Waals surface area contributed by atoms with Gasteiger partial charge in [-0.05, 0) is 29.7 Å². The van der Waals surface area contributed by atoms with Crippen molar-refractivity contribution in [2.24, 2.45) is 0 Å². The number of nitrogens with zero attached hydrogens (tertiary/aromatic N) is 2. The molecule has 1 heterocycles. The van der Waals surface area contributed by atoms with Gasteiger partial charge in [-0.25, -0.2) is 0 Å². The Morgan fingerprint density at radius 1 is 1.30 bits per heavy atom. The first-order valence-corrected chi connectivity index (χ1v) is 8.83. The highest BCUT2D eigenvalue weighted by molar-refractivity contribution is 6.32. The summed E-state index contributed by atoms with van der Waals surface area (Å²) in [6.45, 7) is 2.04. The zero-order valence-corrected chi connectivity index (χ0v) is 15.4. The Bertz CT molecular complexity index is 916. The molecule has 7 nitrogen and oxygen atoms in total. The van der Waals surface area contributed by atoms with E-state index >= 15 is 0 Å². The monoisotopic (exact) mass is 387 g/mol. The molecule has 140 valence electrons. The number of nitrogens with one attached hydrogen (secondary N) is 1. The highest BCUT2D eigenvalue weighted by Crippen LogP contribution is 2.33. The Morgan fingerprint density at radius 3 is 2.74 bits per heavy atom. The van der Waals surface area contributed by atoms with Crippen molar-refractivity contribution in [3.05, 3.63) is 68.7 Å². The van der Waals surface area contributed by atoms with Crippen LogP contribution in [0.15, 0.2) is 42.5 Å². The summed E-state index contributed by atoms with van der Waals surface area (Å²) in [6, 6.07) is 11.5. The molecule has 8 heteroatoms. The molecular weight excluding hydrogens is 370 g/mol. The average Bonchev–Trinajstić information content (AvgIpc) is 2.63. The van der Waals surface area contributed by atoms with Crippen molar-refractivity contribution in [3.63, 3.8) is 0 Å². The second kappa shape index (κ2) is 7.75. The molecule has 27 heavy (non-hydrogen) atoms. The zero-order chi connectivity index (χ0) is 19.6. The summed E-state index contributed by atoms with van der Waals surface area (Å²) in [5, 5.41) is 13.7. The number of fused-ring (bicyclic) bond motifs is 1. The van der Waals surface area contributed by atoms with E-state index in [2.05, 4.69) is 5.32 Å². The minimum atomic E-state index is -0.604. The lowest BCUT2D eigenvalue weighted by Gasteiger charge is -2.36. The van der Waals surface area contributed by atoms with E-state index in [1.54, 1.807) is 4.90 Å². The standard InChI is InChI=1S/C19H18ClN3O4/c1-12(24)22-9-8-13-4-2-3-5-15(13)17(22)11-19(25)21-14-6-7-16(20)18(10-14)23(26)27/h2-7,10,17H,8-9,11H2,1H3,(H,21,25). The Hall–Kier alpha value is -2.93. The fourth-order valence-electron chi connectivity index (χ4n) is 3.37. The predicted octanol–water partition coefficient (Wildman–Crippen LogP) is 3.72. The molecule has 1 unspecified atom stereocenters. The van der Waals surface area contributed by atoms with E-state index in [0.29, 0.717) is 6.54 Å². The van der Waals surface area contributed by atoms with E-state index in [-0.39, 0.29) is 40.7 Å². The van der Waals surface area contributed by atoms with Crippen LogP contribution in [0.5, 0.6) is 0 Å². The quantitative estimate of drug-likeness (QED) is 0.639. The van der Waals surface area contributed by atoms with Crippen molar-refractivity contribution in [1.29, 1.82) is 0 Å². The number of rotatable bonds is 4. The van der Waals surface area contributed by atoms with Gasteiger partial charge >= 0.3 is 0 Å². The summed E-state index contributed by atoms with van der Waals surface area (Å²) in [7, 11) is 0. The van der Waals surface area contributed by atoms with Crippen LogP contribution in [0.1, 0.15) is 30.5 Å². The summed E-state index contributed by atoms with van der Waals surface area (Å²) < 4.78 is 0. The van der Waals surface area contributed by atoms with Gasteiger partial charge in [-0.15, -0.1) is 0 Å². The number of amides is 2. The Kier molecular flexibility index (Phi) is 5.41. The maximum atomic E-state index is 12.6. The predicted molar refractivity (Wildman–Crippen MR) is 102 cm³/mol. The van der Waals surface area contributed by atoms with Crippen LogP contribution in [0.4, 0.5) is 11.4 Å². The van der Waals surface area contributed by atoms with Crippen molar-refractivity contribution >= 4 is 34.8 Å². The first kappa shape index (κ1) is 18.8. The minimum absolute atomic E-state index is 0.00182. The van der Waals surface area contributed by atoms with Crippen LogP contribution in [-0.2, 0) is 16.0 Å². The molecule has 0 aromatic heterocycles. The van der Waals surface area contributed by atoms with Crippen LogP contribution in [0.2, 0.25) is 5.02 Å². The number of anilines is 1. The van der Waals surface area contributed by atoms with Crippen LogP contribution in [0.3, 0.4) is 0 Å². The Labute approximate surface area is 161 Å². The summed E-state index contributed by atoms with van der Waals surface area (Å²) in [6.07, 6.45) is 0.810. The minimum Gasteiger partial charge on any atom is -0.335 e. The maximum Gasteiger partial charge on any atom is 0.289 e. The molecule has 3 rings (SSSR count). The summed E-state index contributed by atoms with van der Waals surface area (Å²) in [5.74, 6) is -0.427. The number of carbonyl (C=O) groups is 2. The molecule has 0 saturated carbocycles. The van der Waals surface area contributed by atoms with E-state index in [4.69, 9.17) is 11.6 Å². The molecular formula is C19H18ClN3O4. The number of halogens is 1. The molecule has 0 aliphatic carbocycles. The van der Waals surface area contributed by atoms with Gasteiger partial charge in [0.15, 0.2) is 0 Å². The summed E-state index contributed by atoms with van der Waals surface area (Å²) in [4.78, 5) is 36.7. The van der Waals surface area contributed by atoms with Gasteiger partial charge in [-0.3, -0.25) is 19.7 Å². The van der Waals surface area contributed by atoms with Gasteiger partial charge in [-0.1, -0.05) is 35.9 Å². The fraction of sp³-hybridized carbons (Fsp3) is 0.263. The molecule has 0 fully saturated rings. The first-order chi connectivity index (χ1) is 12.9. The molecule has 1 aliphatic rings. The van der Waals surface area contributed by atoms with E-state index in [1.165, 1.54) is 25.1 Å². The number of carbonyl (C=O) groups excluding carboxylic acids is 2. The SMILES string of the molecule is CC(=O)N1CCc2ccccc2C1CC(=O)Nc1ccc(Cl)c([N+](=O)[O-])c1. The first-order valence-electron chi connectivity index (χ1n) is 8.45. The topological polar surface area (TPSA) is 92.6 Å². The van der Waals surface area contributed by atoms with Gasteiger partial charge in [0.05, 0.1) is 17.4 Å². The van der Waals surface area contributed by atoms with Crippen LogP contribution >= 0.6 is 11.6 Å². The third kappa shape index (κ3) is 4.09. The van der Waals surface area contributed by atoms with E-state index in [0.717, 1.165) is 17.5 Å². The zero-order valence-electron chi connectivity index (χ0n) is 14.6. The number of benzene rings is 2. The second-order valence-electron chi connectivity index (χ2n) is 6.35. The van der Waals surface area contributed by atoms with E-state index < -0.39 is 4.92 Å². The normalized spacial score (nSPS) is 15.8. The number of hydrogen-bond acceptors (Lipinski definition) is 4. The van der Waals surface area contributed by atoms with E-state index in [9.17, 15) is 19.7 Å². The highest BCUT2D eigenvalue weighted by Gasteiger charge is 2.30. The Balaban J connectivity index is 1.81. The van der Waals surface area contributed by atoms with Crippen molar-refractivity contribution in [3.8, 4) is 0 Å². The molecule has 2 aromatic carbocycles. The highest BCUT2D eigenvalue weighted by atomic mass is 35.5. The van der Waals surface area contributed by atoms with Crippen LogP contribution in [0, 0.1) is 10.1 Å². The van der Waals surface area contributed by atoms with Gasteiger partial charge in [0.25, 0.3) is 5.69 Å². The van der Waals surface area contributed by atoms with Gasteiger partial charge in [0.1, 0.15) is 5.02 Å². The van der Waals surface area contributed by atoms with Crippen molar-refractivity contribution < 1.29 is 14.5 Å². The lowest BCUT2D eigenvalue weighted by Crippen LogP contribution is -2.40. The lowest BCUT2D eigenvalue weighted by atomic mass is 9.90. The lowest BCUT2D eigenvalue weighted by molar-refractivity contribution is -0.384. The molecule has 2 aromatic rings. The van der Waals surface area contributed by atoms with Crippen molar-refractivity contribution in [2.45, 2.75) is 25.8 Å². The number of nitro groups is 1. The van der Waals surface area contributed by atoms with Gasteiger partial charge in [-0.2, -0.15) is 0 Å². The number of nitro benzene ring substituents is 1. The molecule has 1 atom stereocenters. The van der Waals surface area contributed by atoms with Gasteiger partial charge in [0, 0.05) is 25.2 Å². The molecule has 0 bridgehead atoms. The van der Waals surface area contributed by atoms with Crippen LogP contribution in [0.25, 0.3) is 0 Å². The third-order valence-electron chi connectivity index (χ3n) is 4.62. The molecule has 1 aliphatic heterocycles. The summed E-state index contributed by atoms with van der Waals surface area (Å²) in [5.41, 5.74) is 2.09. The molecule has 0 spiro atoms. The Morgan fingerprint density at radius 2 is 2.04 bits per heavy atom. The largest absolute Gasteiger partial charge is 0.335 e. The van der Waals surface area contributed by atoms with Crippen molar-refractivity contribution in [2.75, 3.05) is 11.9 Å². The number of hydrogen-bond donors (Lipinski definition) is 1. The fourth-order valence-corrected chi connectivity index (χ4v) is 3.55. The van der Waals surface area contributed by atoms with Crippen LogP contribution in [-0.4, -0.2) is 28.2 Å². The third-order valence-corrected chi connectivity index (χ3v) is 4.94.